The molecule has 0 fully saturated rings. The Morgan fingerprint density at radius 3 is 1.61 bits per heavy atom. The minimum atomic E-state index is -4.91. The van der Waals surface area contributed by atoms with Crippen LogP contribution in [-0.4, -0.2) is 10.9 Å². The smallest absolute Gasteiger partial charge is 0.324 e. The van der Waals surface area contributed by atoms with Crippen molar-refractivity contribution in [3.8, 4) is 0 Å². The van der Waals surface area contributed by atoms with Gasteiger partial charge >= 0.3 is 12.4 Å². The van der Waals surface area contributed by atoms with E-state index in [2.05, 4.69) is 0 Å². The Balaban J connectivity index is 2.19. The Kier molecular flexibility index (Phi) is 4.53. The van der Waals surface area contributed by atoms with Crippen LogP contribution in [0.5, 0.6) is 0 Å². The Hall–Kier alpha value is -3.18. The monoisotopic (exact) mass is 454 g/mol. The normalized spacial score (nSPS) is 18.3. The lowest BCUT2D eigenvalue weighted by Crippen LogP contribution is -2.29. The highest BCUT2D eigenvalue weighted by Gasteiger charge is 2.36. The number of hydrogen-bond acceptors (Lipinski definition) is 1. The first-order chi connectivity index (χ1) is 14.3. The number of rotatable bonds is 1. The SMILES string of the molecule is FC1=C(F)C(n2c3cc(C(F)(F)F)ccc3c3ccc(C(F)(F)F)cc32)=C(F)C(F)N1. The Labute approximate surface area is 166 Å². The highest BCUT2D eigenvalue weighted by Crippen LogP contribution is 2.43. The fourth-order valence-corrected chi connectivity index (χ4v) is 3.38. The Morgan fingerprint density at radius 2 is 1.19 bits per heavy atom. The van der Waals surface area contributed by atoms with Gasteiger partial charge in [0, 0.05) is 10.8 Å². The molecule has 4 rings (SSSR count). The molecule has 1 aromatic heterocycles. The molecule has 0 spiro atoms. The summed E-state index contributed by atoms with van der Waals surface area (Å²) in [6, 6.07) is 3.92. The van der Waals surface area contributed by atoms with E-state index in [0.29, 0.717) is 28.8 Å². The average Bonchev–Trinajstić information content (AvgIpc) is 2.98. The van der Waals surface area contributed by atoms with E-state index in [1.165, 1.54) is 5.32 Å². The molecule has 0 aliphatic carbocycles. The predicted molar refractivity (Wildman–Crippen MR) is 91.0 cm³/mol. The van der Waals surface area contributed by atoms with Gasteiger partial charge in [0.25, 0.3) is 0 Å². The third-order valence-corrected chi connectivity index (χ3v) is 4.75. The molecule has 1 N–H and O–H groups in total. The molecular formula is C19H8F10N2. The summed E-state index contributed by atoms with van der Waals surface area (Å²) in [6.45, 7) is 0. The van der Waals surface area contributed by atoms with Crippen molar-refractivity contribution >= 4 is 27.5 Å². The number of hydrogen-bond donors (Lipinski definition) is 1. The molecule has 3 aromatic rings. The van der Waals surface area contributed by atoms with E-state index in [0.717, 1.165) is 12.1 Å². The second-order valence-electron chi connectivity index (χ2n) is 6.63. The number of alkyl halides is 7. The lowest BCUT2D eigenvalue weighted by molar-refractivity contribution is -0.138. The maximum absolute atomic E-state index is 14.5. The van der Waals surface area contributed by atoms with Crippen LogP contribution in [0.2, 0.25) is 0 Å². The maximum atomic E-state index is 14.5. The number of halogens is 10. The minimum absolute atomic E-state index is 0.112. The molecule has 2 aromatic carbocycles. The van der Waals surface area contributed by atoms with Crippen LogP contribution in [-0.2, 0) is 12.4 Å². The van der Waals surface area contributed by atoms with Crippen molar-refractivity contribution in [2.45, 2.75) is 18.6 Å². The molecule has 1 aliphatic rings. The molecule has 0 radical (unpaired) electrons. The second-order valence-corrected chi connectivity index (χ2v) is 6.63. The number of dihydropyridines is 1. The van der Waals surface area contributed by atoms with Crippen LogP contribution in [0.1, 0.15) is 11.1 Å². The number of aromatic nitrogens is 1. The van der Waals surface area contributed by atoms with Crippen LogP contribution in [0.4, 0.5) is 43.9 Å². The summed E-state index contributed by atoms with van der Waals surface area (Å²) < 4.78 is 136. The summed E-state index contributed by atoms with van der Waals surface area (Å²) in [5.41, 5.74) is -5.21. The third-order valence-electron chi connectivity index (χ3n) is 4.75. The quantitative estimate of drug-likeness (QED) is 0.310. The molecular weight excluding hydrogens is 446 g/mol. The van der Waals surface area contributed by atoms with Gasteiger partial charge in [0.05, 0.1) is 22.2 Å². The van der Waals surface area contributed by atoms with E-state index in [1.54, 1.807) is 0 Å². The summed E-state index contributed by atoms with van der Waals surface area (Å²) in [4.78, 5) is 0. The van der Waals surface area contributed by atoms with Crippen LogP contribution in [0.15, 0.2) is 54.0 Å². The van der Waals surface area contributed by atoms with Crippen LogP contribution in [0.25, 0.3) is 27.5 Å². The third kappa shape index (κ3) is 3.29. The van der Waals surface area contributed by atoms with Crippen molar-refractivity contribution in [2.24, 2.45) is 0 Å². The molecule has 0 amide bonds. The maximum Gasteiger partial charge on any atom is 0.416 e. The standard InChI is InChI=1S/C19H8F10N2/c20-13-15(14(21)17(23)30-16(13)22)31-11-5-7(18(24,25)26)1-3-9(11)10-4-2-8(6-12(10)31)19(27,28)29/h1-6,16,30H. The highest BCUT2D eigenvalue weighted by molar-refractivity contribution is 6.11. The molecule has 164 valence electrons. The zero-order valence-corrected chi connectivity index (χ0v) is 14.8. The molecule has 0 saturated carbocycles. The lowest BCUT2D eigenvalue weighted by Gasteiger charge is -2.21. The van der Waals surface area contributed by atoms with E-state index in [1.807, 2.05) is 0 Å². The molecule has 0 saturated heterocycles. The van der Waals surface area contributed by atoms with Crippen molar-refractivity contribution in [1.82, 2.24) is 9.88 Å². The van der Waals surface area contributed by atoms with Crippen molar-refractivity contribution in [3.63, 3.8) is 0 Å². The number of nitrogens with one attached hydrogen (secondary N) is 1. The second kappa shape index (κ2) is 6.66. The Morgan fingerprint density at radius 1 is 0.742 bits per heavy atom. The van der Waals surface area contributed by atoms with Gasteiger partial charge < -0.3 is 9.88 Å². The zero-order valence-electron chi connectivity index (χ0n) is 14.8. The topological polar surface area (TPSA) is 17.0 Å². The van der Waals surface area contributed by atoms with Crippen molar-refractivity contribution in [1.29, 1.82) is 0 Å². The predicted octanol–water partition coefficient (Wildman–Crippen LogP) is 6.98. The molecule has 1 unspecified atom stereocenters. The van der Waals surface area contributed by atoms with Crippen LogP contribution < -0.4 is 5.32 Å². The fraction of sp³-hybridized carbons (Fsp3) is 0.158. The first-order valence-corrected chi connectivity index (χ1v) is 8.39. The number of fused-ring (bicyclic) bond motifs is 3. The highest BCUT2D eigenvalue weighted by atomic mass is 19.4. The van der Waals surface area contributed by atoms with Crippen LogP contribution in [0.3, 0.4) is 0 Å². The van der Waals surface area contributed by atoms with E-state index in [9.17, 15) is 43.9 Å². The molecule has 2 heterocycles. The first-order valence-electron chi connectivity index (χ1n) is 8.39. The average molecular weight is 454 g/mol. The van der Waals surface area contributed by atoms with Gasteiger partial charge in [-0.3, -0.25) is 0 Å². The molecule has 1 aliphatic heterocycles. The first kappa shape index (κ1) is 21.1. The van der Waals surface area contributed by atoms with Gasteiger partial charge in [-0.15, -0.1) is 0 Å². The van der Waals surface area contributed by atoms with E-state index >= 15 is 0 Å². The molecule has 2 nitrogen and oxygen atoms in total. The van der Waals surface area contributed by atoms with Gasteiger partial charge in [0.2, 0.25) is 18.1 Å². The lowest BCUT2D eigenvalue weighted by atomic mass is 10.1. The molecule has 0 bridgehead atoms. The molecule has 1 atom stereocenters. The summed E-state index contributed by atoms with van der Waals surface area (Å²) in [5.74, 6) is -5.93. The van der Waals surface area contributed by atoms with Gasteiger partial charge in [-0.2, -0.15) is 35.1 Å². The molecule has 12 heteroatoms. The van der Waals surface area contributed by atoms with Gasteiger partial charge in [0.15, 0.2) is 5.83 Å². The van der Waals surface area contributed by atoms with Crippen molar-refractivity contribution in [3.05, 3.63) is 65.1 Å². The van der Waals surface area contributed by atoms with Gasteiger partial charge in [-0.25, -0.2) is 8.78 Å². The summed E-state index contributed by atoms with van der Waals surface area (Å²) >= 11 is 0. The number of nitrogens with zero attached hydrogens (tertiary/aromatic N) is 1. The van der Waals surface area contributed by atoms with E-state index in [-0.39, 0.29) is 10.8 Å². The van der Waals surface area contributed by atoms with Gasteiger partial charge in [-0.05, 0) is 24.3 Å². The fourth-order valence-electron chi connectivity index (χ4n) is 3.38. The minimum Gasteiger partial charge on any atom is -0.324 e. The van der Waals surface area contributed by atoms with Crippen molar-refractivity contribution in [2.75, 3.05) is 0 Å². The zero-order chi connectivity index (χ0) is 22.9. The molecule has 31 heavy (non-hydrogen) atoms. The van der Waals surface area contributed by atoms with Gasteiger partial charge in [0.1, 0.15) is 5.70 Å². The largest absolute Gasteiger partial charge is 0.416 e. The summed E-state index contributed by atoms with van der Waals surface area (Å²) in [7, 11) is 0. The van der Waals surface area contributed by atoms with E-state index in [4.69, 9.17) is 0 Å². The van der Waals surface area contributed by atoms with E-state index < -0.39 is 64.1 Å². The summed E-state index contributed by atoms with van der Waals surface area (Å²) in [6.07, 6.45) is -12.7. The Bertz CT molecular complexity index is 1210. The van der Waals surface area contributed by atoms with Crippen LogP contribution in [0, 0.1) is 0 Å². The van der Waals surface area contributed by atoms with Gasteiger partial charge in [-0.1, -0.05) is 12.1 Å². The summed E-state index contributed by atoms with van der Waals surface area (Å²) in [5, 5.41) is 0.979. The van der Waals surface area contributed by atoms with Crippen molar-refractivity contribution < 1.29 is 43.9 Å². The number of allylic oxidation sites excluding steroid dienone is 2. The van der Waals surface area contributed by atoms with Crippen LogP contribution >= 0.6 is 0 Å². The number of benzene rings is 2.